The van der Waals surface area contributed by atoms with Crippen LogP contribution in [0.2, 0.25) is 0 Å². The molecule has 2 rings (SSSR count). The van der Waals surface area contributed by atoms with Gasteiger partial charge in [-0.15, -0.1) is 11.3 Å². The Hall–Kier alpha value is -0.500. The summed E-state index contributed by atoms with van der Waals surface area (Å²) in [6.45, 7) is 5.03. The molecule has 0 saturated carbocycles. The third kappa shape index (κ3) is 6.42. The molecule has 0 aliphatic carbocycles. The Balaban J connectivity index is 1.63. The first-order chi connectivity index (χ1) is 10.1. The molecule has 1 aliphatic heterocycles. The SMILES string of the molecule is CN(C)C[C@@H]1CN(C[C@@H](O)COCc2cccs2)CCO1. The summed E-state index contributed by atoms with van der Waals surface area (Å²) in [5.41, 5.74) is 0. The molecular weight excluding hydrogens is 288 g/mol. The van der Waals surface area contributed by atoms with E-state index in [2.05, 4.69) is 23.9 Å². The van der Waals surface area contributed by atoms with Gasteiger partial charge in [-0.25, -0.2) is 0 Å². The molecule has 2 atom stereocenters. The summed E-state index contributed by atoms with van der Waals surface area (Å²) in [4.78, 5) is 5.59. The van der Waals surface area contributed by atoms with Gasteiger partial charge in [-0.3, -0.25) is 4.90 Å². The monoisotopic (exact) mass is 314 g/mol. The number of thiophene rings is 1. The van der Waals surface area contributed by atoms with Gasteiger partial charge in [0.25, 0.3) is 0 Å². The molecule has 0 spiro atoms. The summed E-state index contributed by atoms with van der Waals surface area (Å²) in [5, 5.41) is 12.1. The highest BCUT2D eigenvalue weighted by Crippen LogP contribution is 2.10. The highest BCUT2D eigenvalue weighted by Gasteiger charge is 2.22. The molecule has 120 valence electrons. The average molecular weight is 314 g/mol. The van der Waals surface area contributed by atoms with Gasteiger partial charge in [0, 0.05) is 31.1 Å². The number of nitrogens with zero attached hydrogens (tertiary/aromatic N) is 2. The zero-order valence-electron chi connectivity index (χ0n) is 12.9. The van der Waals surface area contributed by atoms with E-state index < -0.39 is 6.10 Å². The highest BCUT2D eigenvalue weighted by atomic mass is 32.1. The summed E-state index contributed by atoms with van der Waals surface area (Å²) >= 11 is 1.68. The predicted molar refractivity (Wildman–Crippen MR) is 84.7 cm³/mol. The number of hydrogen-bond donors (Lipinski definition) is 1. The van der Waals surface area contributed by atoms with Crippen molar-refractivity contribution in [1.29, 1.82) is 0 Å². The number of hydrogen-bond acceptors (Lipinski definition) is 6. The maximum Gasteiger partial charge on any atom is 0.0900 e. The second kappa shape index (κ2) is 8.82. The fourth-order valence-electron chi connectivity index (χ4n) is 2.50. The van der Waals surface area contributed by atoms with Crippen molar-refractivity contribution < 1.29 is 14.6 Å². The Morgan fingerprint density at radius 2 is 2.43 bits per heavy atom. The van der Waals surface area contributed by atoms with E-state index in [1.54, 1.807) is 11.3 Å². The van der Waals surface area contributed by atoms with Crippen molar-refractivity contribution >= 4 is 11.3 Å². The Kier molecular flexibility index (Phi) is 7.09. The molecule has 1 N–H and O–H groups in total. The zero-order valence-corrected chi connectivity index (χ0v) is 13.7. The van der Waals surface area contributed by atoms with Crippen molar-refractivity contribution in [2.24, 2.45) is 0 Å². The smallest absolute Gasteiger partial charge is 0.0900 e. The van der Waals surface area contributed by atoms with Crippen molar-refractivity contribution in [2.75, 3.05) is 53.5 Å². The molecule has 0 bridgehead atoms. The summed E-state index contributed by atoms with van der Waals surface area (Å²) in [5.74, 6) is 0. The van der Waals surface area contributed by atoms with Crippen LogP contribution < -0.4 is 0 Å². The fourth-order valence-corrected chi connectivity index (χ4v) is 3.15. The largest absolute Gasteiger partial charge is 0.389 e. The number of aliphatic hydroxyl groups excluding tert-OH is 1. The van der Waals surface area contributed by atoms with Crippen molar-refractivity contribution in [3.05, 3.63) is 22.4 Å². The molecule has 0 aromatic carbocycles. The lowest BCUT2D eigenvalue weighted by molar-refractivity contribution is -0.0583. The molecule has 0 radical (unpaired) electrons. The van der Waals surface area contributed by atoms with Gasteiger partial charge >= 0.3 is 0 Å². The van der Waals surface area contributed by atoms with E-state index in [0.717, 1.165) is 26.2 Å². The number of aliphatic hydroxyl groups is 1. The number of likely N-dealkylation sites (N-methyl/N-ethyl adjacent to an activating group) is 1. The molecule has 21 heavy (non-hydrogen) atoms. The second-order valence-corrected chi connectivity index (χ2v) is 6.80. The minimum Gasteiger partial charge on any atom is -0.389 e. The van der Waals surface area contributed by atoms with Crippen LogP contribution in [-0.4, -0.2) is 80.6 Å². The van der Waals surface area contributed by atoms with Crippen LogP contribution in [0.5, 0.6) is 0 Å². The van der Waals surface area contributed by atoms with Gasteiger partial charge in [-0.1, -0.05) is 6.07 Å². The lowest BCUT2D eigenvalue weighted by Gasteiger charge is -2.35. The predicted octanol–water partition coefficient (Wildman–Crippen LogP) is 0.888. The Morgan fingerprint density at radius 3 is 3.14 bits per heavy atom. The molecule has 0 unspecified atom stereocenters. The molecule has 1 fully saturated rings. The van der Waals surface area contributed by atoms with Gasteiger partial charge in [-0.2, -0.15) is 0 Å². The van der Waals surface area contributed by atoms with Crippen molar-refractivity contribution in [2.45, 2.75) is 18.8 Å². The number of morpholine rings is 1. The van der Waals surface area contributed by atoms with Crippen molar-refractivity contribution in [3.63, 3.8) is 0 Å². The van der Waals surface area contributed by atoms with Crippen LogP contribution in [0.15, 0.2) is 17.5 Å². The average Bonchev–Trinajstić information content (AvgIpc) is 2.91. The van der Waals surface area contributed by atoms with Crippen LogP contribution in [0.4, 0.5) is 0 Å². The van der Waals surface area contributed by atoms with Gasteiger partial charge in [-0.05, 0) is 25.5 Å². The third-order valence-electron chi connectivity index (χ3n) is 3.40. The molecular formula is C15H26N2O3S. The maximum absolute atomic E-state index is 10.1. The molecule has 1 aliphatic rings. The minimum absolute atomic E-state index is 0.230. The van der Waals surface area contributed by atoms with E-state index in [9.17, 15) is 5.11 Å². The minimum atomic E-state index is -0.442. The van der Waals surface area contributed by atoms with Crippen LogP contribution >= 0.6 is 11.3 Å². The molecule has 5 nitrogen and oxygen atoms in total. The lowest BCUT2D eigenvalue weighted by Crippen LogP contribution is -2.49. The van der Waals surface area contributed by atoms with Crippen molar-refractivity contribution in [1.82, 2.24) is 9.80 Å². The van der Waals surface area contributed by atoms with Crippen LogP contribution in [0.1, 0.15) is 4.88 Å². The Morgan fingerprint density at radius 1 is 1.57 bits per heavy atom. The molecule has 0 amide bonds. The first-order valence-electron chi connectivity index (χ1n) is 7.40. The highest BCUT2D eigenvalue weighted by molar-refractivity contribution is 7.09. The first kappa shape index (κ1) is 16.9. The molecule has 1 aromatic rings. The summed E-state index contributed by atoms with van der Waals surface area (Å²) in [6.07, 6.45) is -0.212. The fraction of sp³-hybridized carbons (Fsp3) is 0.733. The van der Waals surface area contributed by atoms with Gasteiger partial charge in [0.2, 0.25) is 0 Å². The van der Waals surface area contributed by atoms with E-state index in [0.29, 0.717) is 19.8 Å². The van der Waals surface area contributed by atoms with E-state index in [1.807, 2.05) is 17.5 Å². The molecule has 1 aromatic heterocycles. The number of β-amino-alcohol motifs (C(OH)–C–C–N with tert-alkyl or cyclic N) is 1. The maximum atomic E-state index is 10.1. The van der Waals surface area contributed by atoms with Crippen molar-refractivity contribution in [3.8, 4) is 0 Å². The van der Waals surface area contributed by atoms with Crippen LogP contribution in [0.25, 0.3) is 0 Å². The van der Waals surface area contributed by atoms with Crippen LogP contribution in [0, 0.1) is 0 Å². The number of ether oxygens (including phenoxy) is 2. The molecule has 2 heterocycles. The summed E-state index contributed by atoms with van der Waals surface area (Å²) in [7, 11) is 4.10. The normalized spacial score (nSPS) is 21.8. The van der Waals surface area contributed by atoms with E-state index in [1.165, 1.54) is 4.88 Å². The third-order valence-corrected chi connectivity index (χ3v) is 4.25. The number of rotatable bonds is 8. The topological polar surface area (TPSA) is 45.2 Å². The van der Waals surface area contributed by atoms with Crippen LogP contribution in [-0.2, 0) is 16.1 Å². The molecule has 1 saturated heterocycles. The van der Waals surface area contributed by atoms with Gasteiger partial charge in [0.05, 0.1) is 32.0 Å². The second-order valence-electron chi connectivity index (χ2n) is 5.76. The molecule has 6 heteroatoms. The summed E-state index contributed by atoms with van der Waals surface area (Å²) in [6, 6.07) is 4.06. The first-order valence-corrected chi connectivity index (χ1v) is 8.28. The van der Waals surface area contributed by atoms with Gasteiger partial charge in [0.15, 0.2) is 0 Å². The zero-order chi connectivity index (χ0) is 15.1. The van der Waals surface area contributed by atoms with E-state index >= 15 is 0 Å². The Labute approximate surface area is 131 Å². The van der Waals surface area contributed by atoms with Gasteiger partial charge in [0.1, 0.15) is 0 Å². The van der Waals surface area contributed by atoms with Gasteiger partial charge < -0.3 is 19.5 Å². The van der Waals surface area contributed by atoms with Crippen LogP contribution in [0.3, 0.4) is 0 Å². The quantitative estimate of drug-likeness (QED) is 0.772. The summed E-state index contributed by atoms with van der Waals surface area (Å²) < 4.78 is 11.3. The lowest BCUT2D eigenvalue weighted by atomic mass is 10.2. The van der Waals surface area contributed by atoms with E-state index in [4.69, 9.17) is 9.47 Å². The Bertz CT molecular complexity index is 386. The standard InChI is InChI=1S/C15H26N2O3S/c1-16(2)9-14-10-17(5-6-20-14)8-13(18)11-19-12-15-4-3-7-21-15/h3-4,7,13-14,18H,5-6,8-12H2,1-2H3/t13-,14-/m1/s1. The van der Waals surface area contributed by atoms with E-state index in [-0.39, 0.29) is 6.10 Å².